The predicted octanol–water partition coefficient (Wildman–Crippen LogP) is 18.5. The molecule has 0 N–H and O–H groups in total. The Morgan fingerprint density at radius 1 is 0.333 bits per heavy atom. The van der Waals surface area contributed by atoms with E-state index in [0.29, 0.717) is 0 Å². The zero-order chi connectivity index (χ0) is 43.3. The number of allylic oxidation sites excluding steroid dienone is 3. The van der Waals surface area contributed by atoms with Gasteiger partial charge in [-0.1, -0.05) is 181 Å². The Morgan fingerprint density at radius 3 is 1.27 bits per heavy atom. The van der Waals surface area contributed by atoms with Gasteiger partial charge >= 0.3 is 0 Å². The van der Waals surface area contributed by atoms with Gasteiger partial charge in [-0.3, -0.25) is 0 Å². The average molecular weight is 877 g/mol. The lowest BCUT2D eigenvalue weighted by Crippen LogP contribution is -2.22. The number of para-hydroxylation sites is 3. The first-order valence-electron chi connectivity index (χ1n) is 22.8. The summed E-state index contributed by atoms with van der Waals surface area (Å²) < 4.78 is 0. The van der Waals surface area contributed by atoms with Crippen LogP contribution < -0.4 is 9.80 Å². The minimum Gasteiger partial charge on any atom is -0.311 e. The SMILES string of the molecule is C1=CC2=C(CC1)N(c1ccc(-c3cc4cc(-c5ccc(N6c7ccccc7Sc7ccccc76)c6ccccc56)c5ccccc5c4c4ccccc34)c3ccccc13)c1ccccc1S2. The Bertz CT molecular complexity index is 3870. The fraction of sp³-hybridized carbons (Fsp3) is 0.0323. The summed E-state index contributed by atoms with van der Waals surface area (Å²) in [7, 11) is 0. The van der Waals surface area contributed by atoms with Gasteiger partial charge in [-0.25, -0.2) is 0 Å². The van der Waals surface area contributed by atoms with Crippen molar-refractivity contribution < 1.29 is 0 Å². The van der Waals surface area contributed by atoms with Crippen molar-refractivity contribution in [2.75, 3.05) is 9.80 Å². The highest BCUT2D eigenvalue weighted by Gasteiger charge is 2.30. The fourth-order valence-electron chi connectivity index (χ4n) is 11.0. The third-order valence-electron chi connectivity index (χ3n) is 13.9. The first kappa shape index (κ1) is 37.8. The minimum absolute atomic E-state index is 1.02. The molecule has 3 aliphatic rings. The minimum atomic E-state index is 1.02. The van der Waals surface area contributed by atoms with Crippen LogP contribution >= 0.6 is 23.5 Å². The molecule has 0 saturated carbocycles. The highest BCUT2D eigenvalue weighted by atomic mass is 32.2. The van der Waals surface area contributed by atoms with E-state index in [0.717, 1.165) is 12.8 Å². The molecule has 2 heterocycles. The zero-order valence-electron chi connectivity index (χ0n) is 35.9. The Kier molecular flexibility index (Phi) is 8.62. The second-order valence-corrected chi connectivity index (χ2v) is 19.6. The Morgan fingerprint density at radius 2 is 0.742 bits per heavy atom. The van der Waals surface area contributed by atoms with Crippen molar-refractivity contribution in [2.45, 2.75) is 27.5 Å². The number of hydrogen-bond donors (Lipinski definition) is 0. The molecule has 0 fully saturated rings. The molecule has 11 aromatic rings. The second-order valence-electron chi connectivity index (χ2n) is 17.4. The number of anilines is 5. The van der Waals surface area contributed by atoms with Crippen LogP contribution in [-0.4, -0.2) is 0 Å². The summed E-state index contributed by atoms with van der Waals surface area (Å²) in [6, 6.07) is 77.0. The van der Waals surface area contributed by atoms with Crippen molar-refractivity contribution in [1.82, 2.24) is 0 Å². The molecule has 66 heavy (non-hydrogen) atoms. The van der Waals surface area contributed by atoms with Gasteiger partial charge in [0.05, 0.1) is 28.4 Å². The largest absolute Gasteiger partial charge is 0.311 e. The third-order valence-corrected chi connectivity index (χ3v) is 16.1. The van der Waals surface area contributed by atoms with Gasteiger partial charge in [0.25, 0.3) is 0 Å². The molecule has 2 aliphatic heterocycles. The van der Waals surface area contributed by atoms with Crippen LogP contribution in [0, 0.1) is 0 Å². The van der Waals surface area contributed by atoms with E-state index in [1.54, 1.807) is 0 Å². The van der Waals surface area contributed by atoms with Crippen LogP contribution in [0.15, 0.2) is 244 Å². The van der Waals surface area contributed by atoms with Crippen molar-refractivity contribution in [1.29, 1.82) is 0 Å². The molecule has 2 nitrogen and oxygen atoms in total. The summed E-state index contributed by atoms with van der Waals surface area (Å²) in [5.41, 5.74) is 12.4. The molecule has 0 saturated heterocycles. The summed E-state index contributed by atoms with van der Waals surface area (Å²) in [5.74, 6) is 0. The average Bonchev–Trinajstić information content (AvgIpc) is 3.38. The van der Waals surface area contributed by atoms with Gasteiger partial charge in [-0.05, 0) is 139 Å². The molecule has 11 aromatic carbocycles. The summed E-state index contributed by atoms with van der Waals surface area (Å²) in [6.07, 6.45) is 6.72. The van der Waals surface area contributed by atoms with Gasteiger partial charge in [0.2, 0.25) is 0 Å². The monoisotopic (exact) mass is 876 g/mol. The summed E-state index contributed by atoms with van der Waals surface area (Å²) in [5, 5.41) is 12.6. The molecule has 4 heteroatoms. The smallest absolute Gasteiger partial charge is 0.0601 e. The van der Waals surface area contributed by atoms with E-state index >= 15 is 0 Å². The maximum Gasteiger partial charge on any atom is 0.0601 e. The Hall–Kier alpha value is -7.50. The molecule has 0 spiro atoms. The van der Waals surface area contributed by atoms with Crippen LogP contribution in [0.1, 0.15) is 12.8 Å². The molecule has 14 rings (SSSR count). The Balaban J connectivity index is 0.992. The molecule has 310 valence electrons. The van der Waals surface area contributed by atoms with Gasteiger partial charge in [0.15, 0.2) is 0 Å². The zero-order valence-corrected chi connectivity index (χ0v) is 37.5. The van der Waals surface area contributed by atoms with E-state index < -0.39 is 0 Å². The standard InChI is InChI=1S/C62H40N2S2/c1-5-21-46-40(17-1)44(33-35-52(46)63-54-25-9-13-29-58(54)65-59-30-14-10-26-55(59)63)50-37-39-38-51(43-20-4-8-24-49(43)62(39)48-23-7-3-19-42(48)50)45-34-36-53(47-22-6-2-18-41(45)47)64-56-27-11-15-31-60(56)66-61-32-16-12-28-57(61)64/h1-11,13-27,29-38H,12,28H2. The van der Waals surface area contributed by atoms with Gasteiger partial charge in [-0.2, -0.15) is 0 Å². The van der Waals surface area contributed by atoms with Gasteiger partial charge < -0.3 is 9.80 Å². The van der Waals surface area contributed by atoms with Crippen LogP contribution in [0.4, 0.5) is 28.4 Å². The number of hydrogen-bond acceptors (Lipinski definition) is 4. The quantitative estimate of drug-likeness (QED) is 0.162. The van der Waals surface area contributed by atoms with Crippen molar-refractivity contribution in [3.63, 3.8) is 0 Å². The van der Waals surface area contributed by atoms with Gasteiger partial charge in [0, 0.05) is 36.1 Å². The number of rotatable bonds is 4. The van der Waals surface area contributed by atoms with Crippen LogP contribution in [0.3, 0.4) is 0 Å². The maximum absolute atomic E-state index is 2.55. The summed E-state index contributed by atoms with van der Waals surface area (Å²) >= 11 is 3.75. The predicted molar refractivity (Wildman–Crippen MR) is 283 cm³/mol. The lowest BCUT2D eigenvalue weighted by molar-refractivity contribution is 0.905. The van der Waals surface area contributed by atoms with E-state index in [1.807, 2.05) is 23.5 Å². The number of fused-ring (bicyclic) bond motifs is 10. The third kappa shape index (κ3) is 5.72. The van der Waals surface area contributed by atoms with Crippen molar-refractivity contribution in [2.24, 2.45) is 0 Å². The molecule has 0 bridgehead atoms. The number of thioether (sulfide) groups is 1. The maximum atomic E-state index is 2.55. The van der Waals surface area contributed by atoms with Crippen molar-refractivity contribution in [3.8, 4) is 22.3 Å². The van der Waals surface area contributed by atoms with Crippen LogP contribution in [0.5, 0.6) is 0 Å². The van der Waals surface area contributed by atoms with E-state index in [-0.39, 0.29) is 0 Å². The normalized spacial score (nSPS) is 14.2. The molecule has 0 amide bonds. The van der Waals surface area contributed by atoms with E-state index in [4.69, 9.17) is 0 Å². The molecule has 0 aromatic heterocycles. The molecule has 1 aliphatic carbocycles. The fourth-order valence-corrected chi connectivity index (χ4v) is 13.2. The van der Waals surface area contributed by atoms with Gasteiger partial charge in [0.1, 0.15) is 0 Å². The first-order chi connectivity index (χ1) is 32.8. The van der Waals surface area contributed by atoms with Crippen LogP contribution in [-0.2, 0) is 0 Å². The first-order valence-corrected chi connectivity index (χ1v) is 24.4. The van der Waals surface area contributed by atoms with Crippen molar-refractivity contribution >= 4 is 106 Å². The van der Waals surface area contributed by atoms with Crippen LogP contribution in [0.25, 0.3) is 76.1 Å². The topological polar surface area (TPSA) is 6.48 Å². The van der Waals surface area contributed by atoms with E-state index in [1.165, 1.54) is 130 Å². The summed E-state index contributed by atoms with van der Waals surface area (Å²) in [6.45, 7) is 0. The lowest BCUT2D eigenvalue weighted by atomic mass is 9.85. The molecular weight excluding hydrogens is 837 g/mol. The highest BCUT2D eigenvalue weighted by molar-refractivity contribution is 8.03. The molecular formula is C62H40N2S2. The van der Waals surface area contributed by atoms with Gasteiger partial charge in [-0.15, -0.1) is 0 Å². The number of nitrogens with zero attached hydrogens (tertiary/aromatic N) is 2. The molecule has 0 unspecified atom stereocenters. The van der Waals surface area contributed by atoms with E-state index in [9.17, 15) is 0 Å². The number of benzene rings is 11. The summed E-state index contributed by atoms with van der Waals surface area (Å²) in [4.78, 5) is 10.2. The van der Waals surface area contributed by atoms with Crippen molar-refractivity contribution in [3.05, 3.63) is 229 Å². The Labute approximate surface area is 392 Å². The molecule has 0 radical (unpaired) electrons. The van der Waals surface area contributed by atoms with E-state index in [2.05, 4.69) is 228 Å². The molecule has 0 atom stereocenters. The lowest BCUT2D eigenvalue weighted by Gasteiger charge is -2.36. The highest BCUT2D eigenvalue weighted by Crippen LogP contribution is 2.55. The second kappa shape index (κ2) is 15.0. The van der Waals surface area contributed by atoms with Crippen LogP contribution in [0.2, 0.25) is 0 Å².